The van der Waals surface area contributed by atoms with Crippen molar-refractivity contribution in [2.75, 3.05) is 7.11 Å². The van der Waals surface area contributed by atoms with Crippen LogP contribution in [0.2, 0.25) is 0 Å². The van der Waals surface area contributed by atoms with E-state index in [9.17, 15) is 4.79 Å². The Morgan fingerprint density at radius 2 is 1.67 bits per heavy atom. The highest BCUT2D eigenvalue weighted by Gasteiger charge is 2.35. The molecule has 0 saturated heterocycles. The molecule has 3 nitrogen and oxygen atoms in total. The zero-order valence-corrected chi connectivity index (χ0v) is 15.9. The number of hydrogen-bond donors (Lipinski definition) is 1. The smallest absolute Gasteiger partial charge is 0.407 e. The van der Waals surface area contributed by atoms with Crippen molar-refractivity contribution >= 4 is 6.09 Å². The predicted octanol–water partition coefficient (Wildman–Crippen LogP) is 6.25. The molecule has 0 heterocycles. The monoisotopic (exact) mass is 333 g/mol. The van der Waals surface area contributed by atoms with E-state index in [2.05, 4.69) is 38.2 Å². The summed E-state index contributed by atoms with van der Waals surface area (Å²) in [7, 11) is 1.43. The minimum Gasteiger partial charge on any atom is -0.453 e. The number of carbonyl (C=O) groups is 1. The second-order valence-corrected chi connectivity index (χ2v) is 7.05. The van der Waals surface area contributed by atoms with E-state index in [-0.39, 0.29) is 17.6 Å². The van der Waals surface area contributed by atoms with Gasteiger partial charge in [0, 0.05) is 0 Å². The fourth-order valence-electron chi connectivity index (χ4n) is 3.43. The molecule has 1 amide bonds. The first-order valence-corrected chi connectivity index (χ1v) is 9.46. The first-order valence-electron chi connectivity index (χ1n) is 9.46. The zero-order valence-electron chi connectivity index (χ0n) is 15.9. The zero-order chi connectivity index (χ0) is 17.8. The summed E-state index contributed by atoms with van der Waals surface area (Å²) in [5.74, 6) is 0. The van der Waals surface area contributed by atoms with Crippen LogP contribution in [0.15, 0.2) is 30.3 Å². The number of hydrogen-bond acceptors (Lipinski definition) is 2. The fourth-order valence-corrected chi connectivity index (χ4v) is 3.43. The molecule has 2 atom stereocenters. The fraction of sp³-hybridized carbons (Fsp3) is 0.667. The summed E-state index contributed by atoms with van der Waals surface area (Å²) in [6, 6.07) is 10.3. The summed E-state index contributed by atoms with van der Waals surface area (Å²) in [4.78, 5) is 12.0. The number of methoxy groups -OCH3 is 1. The molecule has 24 heavy (non-hydrogen) atoms. The molecule has 1 aromatic carbocycles. The van der Waals surface area contributed by atoms with Gasteiger partial charge in [-0.05, 0) is 23.8 Å². The van der Waals surface area contributed by atoms with Crippen molar-refractivity contribution in [1.82, 2.24) is 5.32 Å². The topological polar surface area (TPSA) is 38.3 Å². The Hall–Kier alpha value is -1.51. The van der Waals surface area contributed by atoms with E-state index in [1.54, 1.807) is 0 Å². The van der Waals surface area contributed by atoms with E-state index >= 15 is 0 Å². The van der Waals surface area contributed by atoms with Crippen molar-refractivity contribution in [3.05, 3.63) is 35.9 Å². The van der Waals surface area contributed by atoms with E-state index in [1.807, 2.05) is 18.2 Å². The van der Waals surface area contributed by atoms with Crippen LogP contribution in [-0.4, -0.2) is 13.2 Å². The number of ether oxygens (including phenoxy) is 1. The number of amides is 1. The molecule has 136 valence electrons. The highest BCUT2D eigenvalue weighted by Crippen LogP contribution is 2.42. The van der Waals surface area contributed by atoms with Crippen molar-refractivity contribution in [3.8, 4) is 0 Å². The first-order chi connectivity index (χ1) is 11.6. The Morgan fingerprint density at radius 3 is 2.25 bits per heavy atom. The van der Waals surface area contributed by atoms with E-state index in [4.69, 9.17) is 4.74 Å². The van der Waals surface area contributed by atoms with Crippen LogP contribution in [-0.2, 0) is 4.74 Å². The number of alkyl carbamates (subject to hydrolysis) is 1. The Bertz CT molecular complexity index is 460. The molecule has 1 rings (SSSR count). The highest BCUT2D eigenvalue weighted by atomic mass is 16.5. The third-order valence-corrected chi connectivity index (χ3v) is 4.98. The molecular weight excluding hydrogens is 298 g/mol. The Balaban J connectivity index is 3.00. The van der Waals surface area contributed by atoms with Gasteiger partial charge in [0.25, 0.3) is 0 Å². The maximum absolute atomic E-state index is 12.0. The lowest BCUT2D eigenvalue weighted by Gasteiger charge is -2.39. The molecule has 1 N–H and O–H groups in total. The molecule has 0 saturated carbocycles. The molecule has 0 spiro atoms. The lowest BCUT2D eigenvalue weighted by atomic mass is 9.71. The normalized spacial score (nSPS) is 14.7. The van der Waals surface area contributed by atoms with Crippen LogP contribution in [0.25, 0.3) is 0 Å². The van der Waals surface area contributed by atoms with Crippen LogP contribution in [0.5, 0.6) is 0 Å². The van der Waals surface area contributed by atoms with E-state index in [0.717, 1.165) is 18.4 Å². The summed E-state index contributed by atoms with van der Waals surface area (Å²) >= 11 is 0. The average molecular weight is 334 g/mol. The third-order valence-electron chi connectivity index (χ3n) is 4.98. The molecule has 0 aromatic heterocycles. The molecule has 0 aliphatic rings. The summed E-state index contributed by atoms with van der Waals surface area (Å²) in [5, 5.41) is 3.11. The highest BCUT2D eigenvalue weighted by molar-refractivity contribution is 5.67. The van der Waals surface area contributed by atoms with Gasteiger partial charge < -0.3 is 10.1 Å². The molecule has 0 fully saturated rings. The number of nitrogens with one attached hydrogen (secondary N) is 1. The largest absolute Gasteiger partial charge is 0.453 e. The minimum absolute atomic E-state index is 0.0145. The Labute approximate surface area is 148 Å². The minimum atomic E-state index is -0.347. The summed E-state index contributed by atoms with van der Waals surface area (Å²) in [6.07, 6.45) is 9.23. The van der Waals surface area contributed by atoms with E-state index in [0.29, 0.717) is 0 Å². The molecule has 0 bridgehead atoms. The average Bonchev–Trinajstić information content (AvgIpc) is 2.62. The van der Waals surface area contributed by atoms with Crippen LogP contribution >= 0.6 is 0 Å². The molecule has 0 aliphatic heterocycles. The van der Waals surface area contributed by atoms with Gasteiger partial charge in [-0.2, -0.15) is 0 Å². The number of benzene rings is 1. The van der Waals surface area contributed by atoms with E-state index < -0.39 is 0 Å². The van der Waals surface area contributed by atoms with Gasteiger partial charge in [-0.3, -0.25) is 0 Å². The van der Waals surface area contributed by atoms with Crippen LogP contribution in [0.4, 0.5) is 4.79 Å². The van der Waals surface area contributed by atoms with Gasteiger partial charge in [0.05, 0.1) is 13.2 Å². The maximum atomic E-state index is 12.0. The second-order valence-electron chi connectivity index (χ2n) is 7.05. The van der Waals surface area contributed by atoms with Gasteiger partial charge >= 0.3 is 6.09 Å². The molecule has 0 aliphatic carbocycles. The summed E-state index contributed by atoms with van der Waals surface area (Å²) < 4.78 is 4.89. The van der Waals surface area contributed by atoms with Gasteiger partial charge in [-0.15, -0.1) is 0 Å². The number of unbranched alkanes of at least 4 members (excludes halogenated alkanes) is 4. The van der Waals surface area contributed by atoms with Gasteiger partial charge in [0.1, 0.15) is 0 Å². The first kappa shape index (κ1) is 20.5. The maximum Gasteiger partial charge on any atom is 0.407 e. The molecule has 0 radical (unpaired) electrons. The number of rotatable bonds is 11. The second kappa shape index (κ2) is 11.1. The molecule has 1 aromatic rings. The van der Waals surface area contributed by atoms with Crippen LogP contribution in [0.3, 0.4) is 0 Å². The lowest BCUT2D eigenvalue weighted by molar-refractivity contribution is 0.133. The van der Waals surface area contributed by atoms with E-state index in [1.165, 1.54) is 45.6 Å². The van der Waals surface area contributed by atoms with Gasteiger partial charge in [-0.1, -0.05) is 89.6 Å². The summed E-state index contributed by atoms with van der Waals surface area (Å²) in [6.45, 7) is 6.78. The Kier molecular flexibility index (Phi) is 9.51. The van der Waals surface area contributed by atoms with Crippen LogP contribution < -0.4 is 5.32 Å². The summed E-state index contributed by atoms with van der Waals surface area (Å²) in [5.41, 5.74) is 1.20. The van der Waals surface area contributed by atoms with Crippen molar-refractivity contribution in [2.24, 2.45) is 5.41 Å². The Morgan fingerprint density at radius 1 is 1.04 bits per heavy atom. The molecular formula is C21H35NO2. The molecule has 3 heteroatoms. The van der Waals surface area contributed by atoms with Crippen molar-refractivity contribution < 1.29 is 9.53 Å². The lowest BCUT2D eigenvalue weighted by Crippen LogP contribution is -2.39. The van der Waals surface area contributed by atoms with Gasteiger partial charge in [0.2, 0.25) is 0 Å². The number of carbonyl (C=O) groups excluding carboxylic acids is 1. The van der Waals surface area contributed by atoms with Crippen LogP contribution in [0, 0.1) is 5.41 Å². The third kappa shape index (κ3) is 6.54. The predicted molar refractivity (Wildman–Crippen MR) is 101 cm³/mol. The standard InChI is InChI=1S/C21H35NO2/c1-5-7-9-13-17-21(3,16-8-6-2)19(22-20(23)24-4)18-14-11-10-12-15-18/h10-12,14-15,19H,5-9,13,16-17H2,1-4H3,(H,22,23)/t19-,21?/m1/s1. The van der Waals surface area contributed by atoms with Gasteiger partial charge in [0.15, 0.2) is 0 Å². The van der Waals surface area contributed by atoms with Crippen molar-refractivity contribution in [3.63, 3.8) is 0 Å². The SMILES string of the molecule is CCCCCCC(C)(CCCC)[C@H](NC(=O)OC)c1ccccc1. The van der Waals surface area contributed by atoms with Gasteiger partial charge in [-0.25, -0.2) is 4.79 Å². The van der Waals surface area contributed by atoms with Crippen LogP contribution in [0.1, 0.15) is 83.7 Å². The molecule has 1 unspecified atom stereocenters. The quantitative estimate of drug-likeness (QED) is 0.486. The van der Waals surface area contributed by atoms with Crippen molar-refractivity contribution in [1.29, 1.82) is 0 Å². The van der Waals surface area contributed by atoms with Crippen molar-refractivity contribution in [2.45, 2.75) is 78.2 Å².